The average Bonchev–Trinajstić information content (AvgIpc) is 2.28. The van der Waals surface area contributed by atoms with Gasteiger partial charge in [-0.1, -0.05) is 6.07 Å². The number of nitrogens with one attached hydrogen (secondary N) is 1. The second kappa shape index (κ2) is 4.22. The van der Waals surface area contributed by atoms with Crippen LogP contribution in [0, 0.1) is 5.82 Å². The SMILES string of the molecule is COC(=O)[C@@H]1c2ccc(F)cc2CN[C@@H]1C. The van der Waals surface area contributed by atoms with Gasteiger partial charge in [-0.3, -0.25) is 4.79 Å². The van der Waals surface area contributed by atoms with E-state index in [4.69, 9.17) is 4.74 Å². The zero-order chi connectivity index (χ0) is 11.7. The number of carbonyl (C=O) groups is 1. The Bertz CT molecular complexity index is 419. The van der Waals surface area contributed by atoms with Crippen molar-refractivity contribution in [3.8, 4) is 0 Å². The third kappa shape index (κ3) is 1.80. The Morgan fingerprint density at radius 3 is 3.00 bits per heavy atom. The number of esters is 1. The summed E-state index contributed by atoms with van der Waals surface area (Å²) < 4.78 is 17.8. The van der Waals surface area contributed by atoms with Crippen LogP contribution in [0.15, 0.2) is 18.2 Å². The summed E-state index contributed by atoms with van der Waals surface area (Å²) in [7, 11) is 1.37. The molecule has 0 aliphatic carbocycles. The van der Waals surface area contributed by atoms with Crippen molar-refractivity contribution < 1.29 is 13.9 Å². The number of hydrogen-bond donors (Lipinski definition) is 1. The first kappa shape index (κ1) is 11.1. The summed E-state index contributed by atoms with van der Waals surface area (Å²) in [6, 6.07) is 4.52. The van der Waals surface area contributed by atoms with Gasteiger partial charge in [0.05, 0.1) is 13.0 Å². The molecule has 0 amide bonds. The molecule has 0 fully saturated rings. The van der Waals surface area contributed by atoms with Gasteiger partial charge >= 0.3 is 5.97 Å². The topological polar surface area (TPSA) is 38.3 Å². The van der Waals surface area contributed by atoms with Crippen LogP contribution in [0.2, 0.25) is 0 Å². The van der Waals surface area contributed by atoms with Crippen molar-refractivity contribution in [1.29, 1.82) is 0 Å². The lowest BCUT2D eigenvalue weighted by Gasteiger charge is -2.30. The Hall–Kier alpha value is -1.42. The van der Waals surface area contributed by atoms with Gasteiger partial charge in [0.1, 0.15) is 5.82 Å². The first-order valence-corrected chi connectivity index (χ1v) is 5.23. The maximum absolute atomic E-state index is 13.1. The van der Waals surface area contributed by atoms with Crippen LogP contribution >= 0.6 is 0 Å². The van der Waals surface area contributed by atoms with Crippen LogP contribution in [-0.4, -0.2) is 19.1 Å². The quantitative estimate of drug-likeness (QED) is 0.734. The largest absolute Gasteiger partial charge is 0.469 e. The van der Waals surface area contributed by atoms with Gasteiger partial charge in [-0.15, -0.1) is 0 Å². The summed E-state index contributed by atoms with van der Waals surface area (Å²) in [5.41, 5.74) is 1.69. The number of benzene rings is 1. The maximum atomic E-state index is 13.1. The van der Waals surface area contributed by atoms with E-state index < -0.39 is 0 Å². The lowest BCUT2D eigenvalue weighted by atomic mass is 9.85. The minimum atomic E-state index is -0.352. The molecule has 0 bridgehead atoms. The van der Waals surface area contributed by atoms with Gasteiger partial charge in [-0.25, -0.2) is 4.39 Å². The second-order valence-electron chi connectivity index (χ2n) is 4.01. The van der Waals surface area contributed by atoms with Crippen LogP contribution in [0.25, 0.3) is 0 Å². The molecule has 4 heteroatoms. The van der Waals surface area contributed by atoms with Crippen molar-refractivity contribution in [2.24, 2.45) is 0 Å². The van der Waals surface area contributed by atoms with Crippen molar-refractivity contribution in [2.75, 3.05) is 7.11 Å². The molecule has 2 rings (SSSR count). The van der Waals surface area contributed by atoms with Gasteiger partial charge in [0, 0.05) is 12.6 Å². The minimum absolute atomic E-state index is 0.00501. The number of methoxy groups -OCH3 is 1. The summed E-state index contributed by atoms with van der Waals surface area (Å²) in [6.07, 6.45) is 0. The first-order chi connectivity index (χ1) is 7.63. The predicted molar refractivity (Wildman–Crippen MR) is 57.5 cm³/mol. The van der Waals surface area contributed by atoms with Crippen LogP contribution in [-0.2, 0) is 16.1 Å². The van der Waals surface area contributed by atoms with Crippen LogP contribution in [0.1, 0.15) is 24.0 Å². The Balaban J connectivity index is 2.44. The van der Waals surface area contributed by atoms with E-state index in [9.17, 15) is 9.18 Å². The van der Waals surface area contributed by atoms with Gasteiger partial charge in [-0.2, -0.15) is 0 Å². The molecule has 0 aromatic heterocycles. The standard InChI is InChI=1S/C12H14FNO2/c1-7-11(12(15)16-2)10-4-3-9(13)5-8(10)6-14-7/h3-5,7,11,14H,6H2,1-2H3/t7-,11+/m1/s1. The fourth-order valence-corrected chi connectivity index (χ4v) is 2.15. The van der Waals surface area contributed by atoms with Crippen LogP contribution in [0.4, 0.5) is 4.39 Å². The number of halogens is 1. The Labute approximate surface area is 93.6 Å². The number of carbonyl (C=O) groups excluding carboxylic acids is 1. The first-order valence-electron chi connectivity index (χ1n) is 5.23. The van der Waals surface area contributed by atoms with E-state index in [1.54, 1.807) is 6.07 Å². The molecule has 1 heterocycles. The molecule has 16 heavy (non-hydrogen) atoms. The van der Waals surface area contributed by atoms with E-state index in [1.807, 2.05) is 6.92 Å². The third-order valence-corrected chi connectivity index (χ3v) is 3.01. The number of hydrogen-bond acceptors (Lipinski definition) is 3. The molecule has 1 aliphatic heterocycles. The highest BCUT2D eigenvalue weighted by Gasteiger charge is 2.32. The summed E-state index contributed by atoms with van der Waals surface area (Å²) in [6.45, 7) is 2.51. The van der Waals surface area contributed by atoms with Gasteiger partial charge in [-0.05, 0) is 30.2 Å². The van der Waals surface area contributed by atoms with Crippen LogP contribution in [0.3, 0.4) is 0 Å². The van der Waals surface area contributed by atoms with Crippen molar-refractivity contribution >= 4 is 5.97 Å². The molecular weight excluding hydrogens is 209 g/mol. The van der Waals surface area contributed by atoms with Crippen LogP contribution in [0.5, 0.6) is 0 Å². The molecule has 0 saturated carbocycles. The predicted octanol–water partition coefficient (Wildman–Crippen LogP) is 1.57. The highest BCUT2D eigenvalue weighted by atomic mass is 19.1. The van der Waals surface area contributed by atoms with Crippen LogP contribution < -0.4 is 5.32 Å². The number of rotatable bonds is 1. The van der Waals surface area contributed by atoms with Gasteiger partial charge < -0.3 is 10.1 Å². The molecule has 2 atom stereocenters. The van der Waals surface area contributed by atoms with E-state index in [2.05, 4.69) is 5.32 Å². The fraction of sp³-hybridized carbons (Fsp3) is 0.417. The highest BCUT2D eigenvalue weighted by Crippen LogP contribution is 2.29. The van der Waals surface area contributed by atoms with Gasteiger partial charge in [0.2, 0.25) is 0 Å². The van der Waals surface area contributed by atoms with Crippen molar-refractivity contribution in [1.82, 2.24) is 5.32 Å². The zero-order valence-corrected chi connectivity index (χ0v) is 9.29. The molecule has 3 nitrogen and oxygen atoms in total. The lowest BCUT2D eigenvalue weighted by Crippen LogP contribution is -2.41. The Morgan fingerprint density at radius 1 is 1.56 bits per heavy atom. The van der Waals surface area contributed by atoms with Crippen molar-refractivity contribution in [2.45, 2.75) is 25.4 Å². The van der Waals surface area contributed by atoms with Gasteiger partial charge in [0.25, 0.3) is 0 Å². The second-order valence-corrected chi connectivity index (χ2v) is 4.01. The zero-order valence-electron chi connectivity index (χ0n) is 9.29. The summed E-state index contributed by atoms with van der Waals surface area (Å²) >= 11 is 0. The summed E-state index contributed by atoms with van der Waals surface area (Å²) in [5.74, 6) is -0.916. The average molecular weight is 223 g/mol. The minimum Gasteiger partial charge on any atom is -0.469 e. The highest BCUT2D eigenvalue weighted by molar-refractivity contribution is 5.80. The maximum Gasteiger partial charge on any atom is 0.314 e. The molecule has 86 valence electrons. The molecular formula is C12H14FNO2. The molecule has 1 aliphatic rings. The van der Waals surface area contributed by atoms with Gasteiger partial charge in [0.15, 0.2) is 0 Å². The lowest BCUT2D eigenvalue weighted by molar-refractivity contribution is -0.143. The molecule has 1 N–H and O–H groups in total. The molecule has 1 aromatic carbocycles. The van der Waals surface area contributed by atoms with E-state index in [0.717, 1.165) is 11.1 Å². The summed E-state index contributed by atoms with van der Waals surface area (Å²) in [5, 5.41) is 3.16. The monoisotopic (exact) mass is 223 g/mol. The molecule has 0 unspecified atom stereocenters. The van der Waals surface area contributed by atoms with Crippen molar-refractivity contribution in [3.63, 3.8) is 0 Å². The Kier molecular flexibility index (Phi) is 2.92. The normalized spacial score (nSPS) is 23.7. The van der Waals surface area contributed by atoms with E-state index in [0.29, 0.717) is 6.54 Å². The van der Waals surface area contributed by atoms with E-state index in [-0.39, 0.29) is 23.7 Å². The third-order valence-electron chi connectivity index (χ3n) is 3.01. The van der Waals surface area contributed by atoms with Crippen molar-refractivity contribution in [3.05, 3.63) is 35.1 Å². The number of fused-ring (bicyclic) bond motifs is 1. The summed E-state index contributed by atoms with van der Waals surface area (Å²) in [4.78, 5) is 11.7. The smallest absolute Gasteiger partial charge is 0.314 e. The number of ether oxygens (including phenoxy) is 1. The van der Waals surface area contributed by atoms with E-state index >= 15 is 0 Å². The van der Waals surface area contributed by atoms with E-state index in [1.165, 1.54) is 19.2 Å². The fourth-order valence-electron chi connectivity index (χ4n) is 2.15. The molecule has 1 aromatic rings. The Morgan fingerprint density at radius 2 is 2.31 bits per heavy atom. The molecule has 0 saturated heterocycles. The molecule has 0 spiro atoms. The molecule has 0 radical (unpaired) electrons.